The smallest absolute Gasteiger partial charge is 0.224 e. The Labute approximate surface area is 178 Å². The first-order chi connectivity index (χ1) is 14.5. The van der Waals surface area contributed by atoms with Gasteiger partial charge >= 0.3 is 0 Å². The Morgan fingerprint density at radius 2 is 1.70 bits per heavy atom. The summed E-state index contributed by atoms with van der Waals surface area (Å²) in [6.45, 7) is 6.40. The number of ether oxygens (including phenoxy) is 1. The number of carbonyl (C=O) groups excluding carboxylic acids is 1. The predicted molar refractivity (Wildman–Crippen MR) is 120 cm³/mol. The van der Waals surface area contributed by atoms with E-state index in [9.17, 15) is 9.18 Å². The fourth-order valence-corrected chi connectivity index (χ4v) is 3.56. The van der Waals surface area contributed by atoms with Crippen molar-refractivity contribution in [2.75, 3.05) is 11.5 Å². The van der Waals surface area contributed by atoms with Gasteiger partial charge in [0.1, 0.15) is 11.6 Å². The molecule has 0 aliphatic rings. The number of anilines is 1. The molecule has 156 valence electrons. The summed E-state index contributed by atoms with van der Waals surface area (Å²) in [5.41, 5.74) is 4.69. The largest absolute Gasteiger partial charge is 0.494 e. The number of carbonyl (C=O) groups is 1. The summed E-state index contributed by atoms with van der Waals surface area (Å²) in [5.74, 6) is 0.252. The Morgan fingerprint density at radius 3 is 2.37 bits per heavy atom. The van der Waals surface area contributed by atoms with Crippen LogP contribution >= 0.6 is 0 Å². The van der Waals surface area contributed by atoms with E-state index in [4.69, 9.17) is 4.74 Å². The molecule has 0 saturated heterocycles. The molecule has 0 radical (unpaired) electrons. The lowest BCUT2D eigenvalue weighted by atomic mass is 10.0. The van der Waals surface area contributed by atoms with Crippen LogP contribution in [0, 0.1) is 5.82 Å². The van der Waals surface area contributed by atoms with Crippen molar-refractivity contribution in [2.45, 2.75) is 40.2 Å². The molecule has 0 aliphatic heterocycles. The molecule has 0 aromatic heterocycles. The lowest BCUT2D eigenvalue weighted by Gasteiger charge is -2.26. The van der Waals surface area contributed by atoms with Crippen molar-refractivity contribution in [3.8, 4) is 5.75 Å². The van der Waals surface area contributed by atoms with Crippen molar-refractivity contribution in [2.24, 2.45) is 0 Å². The Bertz CT molecular complexity index is 1000. The van der Waals surface area contributed by atoms with Crippen molar-refractivity contribution in [3.63, 3.8) is 0 Å². The second-order valence-electron chi connectivity index (χ2n) is 7.27. The maximum Gasteiger partial charge on any atom is 0.224 e. The van der Waals surface area contributed by atoms with Gasteiger partial charge in [-0.15, -0.1) is 0 Å². The number of nitrogens with zero attached hydrogens (tertiary/aromatic N) is 1. The Morgan fingerprint density at radius 1 is 0.933 bits per heavy atom. The number of hydrogen-bond acceptors (Lipinski definition) is 2. The Hall–Kier alpha value is -3.14. The number of amides is 1. The van der Waals surface area contributed by atoms with Gasteiger partial charge in [-0.3, -0.25) is 4.79 Å². The van der Waals surface area contributed by atoms with Crippen LogP contribution in [0.15, 0.2) is 66.7 Å². The molecule has 0 heterocycles. The van der Waals surface area contributed by atoms with E-state index in [1.807, 2.05) is 49.4 Å². The van der Waals surface area contributed by atoms with E-state index in [2.05, 4.69) is 13.0 Å². The van der Waals surface area contributed by atoms with Crippen LogP contribution in [0.5, 0.6) is 5.75 Å². The Kier molecular flexibility index (Phi) is 7.23. The number of benzene rings is 3. The highest BCUT2D eigenvalue weighted by molar-refractivity contribution is 5.92. The second-order valence-corrected chi connectivity index (χ2v) is 7.27. The van der Waals surface area contributed by atoms with E-state index in [-0.39, 0.29) is 11.7 Å². The highest BCUT2D eigenvalue weighted by atomic mass is 19.1. The zero-order chi connectivity index (χ0) is 21.5. The summed E-state index contributed by atoms with van der Waals surface area (Å²) in [6, 6.07) is 20.7. The van der Waals surface area contributed by atoms with Crippen LogP contribution < -0.4 is 9.64 Å². The van der Waals surface area contributed by atoms with Gasteiger partial charge in [-0.1, -0.05) is 55.5 Å². The zero-order valence-electron chi connectivity index (χ0n) is 17.8. The highest BCUT2D eigenvalue weighted by Gasteiger charge is 2.19. The molecular formula is C26H28FNO2. The summed E-state index contributed by atoms with van der Waals surface area (Å²) < 4.78 is 20.0. The van der Waals surface area contributed by atoms with E-state index < -0.39 is 0 Å². The SMILES string of the molecule is CCOc1ccc(CC)cc1CN(C(C)=O)c1cc(F)ccc1Cc1ccccc1. The molecule has 3 nitrogen and oxygen atoms in total. The molecular weight excluding hydrogens is 377 g/mol. The minimum Gasteiger partial charge on any atom is -0.494 e. The molecule has 1 amide bonds. The number of aryl methyl sites for hydroxylation is 1. The van der Waals surface area contributed by atoms with Crippen molar-refractivity contribution in [1.82, 2.24) is 0 Å². The van der Waals surface area contributed by atoms with Crippen LogP contribution in [0.4, 0.5) is 10.1 Å². The standard InChI is InChI=1S/C26H28FNO2/c1-4-20-11-14-26(30-5-2)23(15-20)18-28(19(3)29)25-17-24(27)13-12-22(25)16-21-9-7-6-8-10-21/h6-15,17H,4-5,16,18H2,1-3H3. The van der Waals surface area contributed by atoms with Gasteiger partial charge in [0, 0.05) is 12.5 Å². The minimum atomic E-state index is -0.361. The lowest BCUT2D eigenvalue weighted by molar-refractivity contribution is -0.116. The molecule has 0 fully saturated rings. The van der Waals surface area contributed by atoms with Gasteiger partial charge in [0.25, 0.3) is 0 Å². The van der Waals surface area contributed by atoms with E-state index in [1.54, 1.807) is 11.0 Å². The molecule has 0 bridgehead atoms. The van der Waals surface area contributed by atoms with E-state index in [0.717, 1.165) is 28.9 Å². The van der Waals surface area contributed by atoms with Crippen molar-refractivity contribution in [1.29, 1.82) is 0 Å². The monoisotopic (exact) mass is 405 g/mol. The zero-order valence-corrected chi connectivity index (χ0v) is 17.8. The third-order valence-corrected chi connectivity index (χ3v) is 5.12. The normalized spacial score (nSPS) is 10.7. The average Bonchev–Trinajstić information content (AvgIpc) is 2.75. The molecule has 0 atom stereocenters. The van der Waals surface area contributed by atoms with Crippen LogP contribution in [0.1, 0.15) is 43.0 Å². The van der Waals surface area contributed by atoms with Gasteiger partial charge in [0.15, 0.2) is 0 Å². The third kappa shape index (κ3) is 5.26. The number of hydrogen-bond donors (Lipinski definition) is 0. The average molecular weight is 406 g/mol. The predicted octanol–water partition coefficient (Wildman–Crippen LogP) is 5.93. The molecule has 3 rings (SSSR count). The van der Waals surface area contributed by atoms with Crippen LogP contribution in [-0.4, -0.2) is 12.5 Å². The maximum absolute atomic E-state index is 14.2. The first-order valence-corrected chi connectivity index (χ1v) is 10.4. The van der Waals surface area contributed by atoms with Gasteiger partial charge in [-0.2, -0.15) is 0 Å². The molecule has 30 heavy (non-hydrogen) atoms. The van der Waals surface area contributed by atoms with Gasteiger partial charge in [-0.25, -0.2) is 4.39 Å². The fourth-order valence-electron chi connectivity index (χ4n) is 3.56. The molecule has 4 heteroatoms. The second kappa shape index (κ2) is 10.1. The van der Waals surface area contributed by atoms with Crippen LogP contribution in [0.2, 0.25) is 0 Å². The molecule has 0 saturated carbocycles. The lowest BCUT2D eigenvalue weighted by Crippen LogP contribution is -2.29. The molecule has 0 N–H and O–H groups in total. The Balaban J connectivity index is 2.01. The van der Waals surface area contributed by atoms with Crippen molar-refractivity contribution in [3.05, 3.63) is 94.8 Å². The minimum absolute atomic E-state index is 0.140. The van der Waals surface area contributed by atoms with E-state index in [0.29, 0.717) is 25.3 Å². The third-order valence-electron chi connectivity index (χ3n) is 5.12. The van der Waals surface area contributed by atoms with Gasteiger partial charge < -0.3 is 9.64 Å². The topological polar surface area (TPSA) is 29.5 Å². The molecule has 3 aromatic rings. The summed E-state index contributed by atoms with van der Waals surface area (Å²) >= 11 is 0. The van der Waals surface area contributed by atoms with Crippen LogP contribution in [-0.2, 0) is 24.2 Å². The summed E-state index contributed by atoms with van der Waals surface area (Å²) in [7, 11) is 0. The highest BCUT2D eigenvalue weighted by Crippen LogP contribution is 2.29. The maximum atomic E-state index is 14.2. The van der Waals surface area contributed by atoms with Crippen LogP contribution in [0.3, 0.4) is 0 Å². The molecule has 3 aromatic carbocycles. The van der Waals surface area contributed by atoms with Crippen LogP contribution in [0.25, 0.3) is 0 Å². The summed E-state index contributed by atoms with van der Waals surface area (Å²) in [4.78, 5) is 14.3. The fraction of sp³-hybridized carbons (Fsp3) is 0.269. The molecule has 0 unspecified atom stereocenters. The van der Waals surface area contributed by atoms with E-state index in [1.165, 1.54) is 24.6 Å². The van der Waals surface area contributed by atoms with Crippen molar-refractivity contribution >= 4 is 11.6 Å². The van der Waals surface area contributed by atoms with Gasteiger partial charge in [-0.05, 0) is 54.7 Å². The molecule has 0 aliphatic carbocycles. The van der Waals surface area contributed by atoms with Gasteiger partial charge in [0.05, 0.1) is 18.8 Å². The first kappa shape index (κ1) is 21.6. The number of rotatable bonds is 8. The van der Waals surface area contributed by atoms with Gasteiger partial charge in [0.2, 0.25) is 5.91 Å². The van der Waals surface area contributed by atoms with Crippen molar-refractivity contribution < 1.29 is 13.9 Å². The summed E-state index contributed by atoms with van der Waals surface area (Å²) in [5, 5.41) is 0. The summed E-state index contributed by atoms with van der Waals surface area (Å²) in [6.07, 6.45) is 1.51. The molecule has 0 spiro atoms. The quantitative estimate of drug-likeness (QED) is 0.465. The number of halogens is 1. The van der Waals surface area contributed by atoms with E-state index >= 15 is 0 Å². The first-order valence-electron chi connectivity index (χ1n) is 10.4.